The first-order valence-electron chi connectivity index (χ1n) is 6.92. The van der Waals surface area contributed by atoms with E-state index >= 15 is 0 Å². The Morgan fingerprint density at radius 1 is 1.00 bits per heavy atom. The number of hydrogen-bond donors (Lipinski definition) is 2. The van der Waals surface area contributed by atoms with Crippen LogP contribution in [0.15, 0.2) is 64.2 Å². The van der Waals surface area contributed by atoms with Gasteiger partial charge < -0.3 is 10.2 Å². The van der Waals surface area contributed by atoms with E-state index in [-0.39, 0.29) is 10.5 Å². The van der Waals surface area contributed by atoms with Crippen LogP contribution in [0.5, 0.6) is 0 Å². The lowest BCUT2D eigenvalue weighted by atomic mass is 10.0. The third kappa shape index (κ3) is 3.21. The number of halogens is 1. The number of aromatic nitrogens is 2. The lowest BCUT2D eigenvalue weighted by Gasteiger charge is -2.06. The Bertz CT molecular complexity index is 945. The molecule has 6 heteroatoms. The van der Waals surface area contributed by atoms with Crippen molar-refractivity contribution in [2.45, 2.75) is 6.42 Å². The Balaban J connectivity index is 1.95. The van der Waals surface area contributed by atoms with Crippen molar-refractivity contribution in [1.29, 1.82) is 0 Å². The van der Waals surface area contributed by atoms with Gasteiger partial charge in [0, 0.05) is 18.2 Å². The molecule has 0 spiro atoms. The number of nitrogens with zero attached hydrogens (tertiary/aromatic N) is 1. The van der Waals surface area contributed by atoms with Gasteiger partial charge in [-0.15, -0.1) is 0 Å². The fraction of sp³-hybridized carbons (Fsp3) is 0.0588. The molecule has 23 heavy (non-hydrogen) atoms. The van der Waals surface area contributed by atoms with E-state index in [0.717, 1.165) is 22.8 Å². The molecule has 0 amide bonds. The van der Waals surface area contributed by atoms with Gasteiger partial charge in [0.25, 0.3) is 5.56 Å². The zero-order chi connectivity index (χ0) is 16.4. The molecule has 2 aromatic carbocycles. The minimum Gasteiger partial charge on any atom is -0.421 e. The summed E-state index contributed by atoms with van der Waals surface area (Å²) in [5.41, 5.74) is 1.14. The number of H-pyrrole nitrogens is 1. The molecule has 0 aliphatic carbocycles. The highest BCUT2D eigenvalue weighted by molar-refractivity contribution is 5.64. The molecular formula is C17H13FN2O3. The number of nitrogens with one attached hydrogen (secondary N) is 1. The topological polar surface area (TPSA) is 75.1 Å². The van der Waals surface area contributed by atoms with Gasteiger partial charge in [-0.1, -0.05) is 41.1 Å². The molecule has 0 saturated carbocycles. The standard InChI is InChI=1S/C17H13FN2O3/c18-14-6-2-5-13(9-14)12-4-1-3-11(7-12)8-15-10-16(21)20(23)17(22)19-15/h1-7,9-10,23H,8H2,(H,19,22). The van der Waals surface area contributed by atoms with Crippen LogP contribution in [-0.2, 0) is 6.42 Å². The highest BCUT2D eigenvalue weighted by Gasteiger charge is 2.05. The maximum absolute atomic E-state index is 13.3. The molecule has 0 unspecified atom stereocenters. The van der Waals surface area contributed by atoms with Crippen molar-refractivity contribution in [3.8, 4) is 11.1 Å². The van der Waals surface area contributed by atoms with Gasteiger partial charge >= 0.3 is 5.69 Å². The fourth-order valence-electron chi connectivity index (χ4n) is 2.38. The third-order valence-corrected chi connectivity index (χ3v) is 3.45. The summed E-state index contributed by atoms with van der Waals surface area (Å²) in [5, 5.41) is 9.14. The van der Waals surface area contributed by atoms with Gasteiger partial charge in [-0.05, 0) is 28.8 Å². The summed E-state index contributed by atoms with van der Waals surface area (Å²) >= 11 is 0. The molecule has 1 aromatic heterocycles. The van der Waals surface area contributed by atoms with Crippen LogP contribution in [-0.4, -0.2) is 14.9 Å². The lowest BCUT2D eigenvalue weighted by Crippen LogP contribution is -2.33. The summed E-state index contributed by atoms with van der Waals surface area (Å²) in [5.74, 6) is -0.316. The van der Waals surface area contributed by atoms with Crippen molar-refractivity contribution < 1.29 is 9.60 Å². The van der Waals surface area contributed by atoms with Crippen molar-refractivity contribution in [3.63, 3.8) is 0 Å². The van der Waals surface area contributed by atoms with Gasteiger partial charge in [-0.2, -0.15) is 0 Å². The van der Waals surface area contributed by atoms with Gasteiger partial charge in [0.1, 0.15) is 5.82 Å². The first kappa shape index (κ1) is 14.8. The molecule has 1 heterocycles. The molecule has 0 radical (unpaired) electrons. The van der Waals surface area contributed by atoms with Crippen LogP contribution in [0.3, 0.4) is 0 Å². The molecule has 2 N–H and O–H groups in total. The molecule has 0 aliphatic heterocycles. The second-order valence-corrected chi connectivity index (χ2v) is 5.14. The lowest BCUT2D eigenvalue weighted by molar-refractivity contribution is 0.160. The Kier molecular flexibility index (Phi) is 3.80. The molecule has 0 bridgehead atoms. The van der Waals surface area contributed by atoms with E-state index in [4.69, 9.17) is 5.21 Å². The first-order valence-corrected chi connectivity index (χ1v) is 6.92. The summed E-state index contributed by atoms with van der Waals surface area (Å²) in [4.78, 5) is 25.3. The molecule has 0 fully saturated rings. The normalized spacial score (nSPS) is 10.7. The van der Waals surface area contributed by atoms with E-state index in [9.17, 15) is 14.0 Å². The predicted octanol–water partition coefficient (Wildman–Crippen LogP) is 2.17. The molecule has 116 valence electrons. The summed E-state index contributed by atoms with van der Waals surface area (Å²) in [7, 11) is 0. The van der Waals surface area contributed by atoms with Crippen LogP contribution in [0, 0.1) is 5.82 Å². The molecule has 5 nitrogen and oxygen atoms in total. The Morgan fingerprint density at radius 3 is 2.39 bits per heavy atom. The van der Waals surface area contributed by atoms with Crippen LogP contribution in [0.2, 0.25) is 0 Å². The zero-order valence-electron chi connectivity index (χ0n) is 12.0. The Labute approximate surface area is 130 Å². The third-order valence-electron chi connectivity index (χ3n) is 3.45. The molecule has 0 aliphatic rings. The van der Waals surface area contributed by atoms with Gasteiger partial charge in [-0.3, -0.25) is 4.79 Å². The van der Waals surface area contributed by atoms with Crippen LogP contribution in [0.1, 0.15) is 11.3 Å². The van der Waals surface area contributed by atoms with Gasteiger partial charge in [-0.25, -0.2) is 9.18 Å². The highest BCUT2D eigenvalue weighted by atomic mass is 19.1. The van der Waals surface area contributed by atoms with Crippen LogP contribution in [0.25, 0.3) is 11.1 Å². The van der Waals surface area contributed by atoms with Gasteiger partial charge in [0.05, 0.1) is 0 Å². The van der Waals surface area contributed by atoms with E-state index in [1.807, 2.05) is 24.3 Å². The molecule has 3 aromatic rings. The van der Waals surface area contributed by atoms with Crippen molar-refractivity contribution in [3.05, 3.63) is 92.5 Å². The van der Waals surface area contributed by atoms with Crippen molar-refractivity contribution >= 4 is 0 Å². The minimum atomic E-state index is -0.881. The number of benzene rings is 2. The number of rotatable bonds is 3. The first-order chi connectivity index (χ1) is 11.0. The fourth-order valence-corrected chi connectivity index (χ4v) is 2.38. The molecule has 0 atom stereocenters. The summed E-state index contributed by atoms with van der Waals surface area (Å²) in [6, 6.07) is 14.8. The summed E-state index contributed by atoms with van der Waals surface area (Å²) in [6.07, 6.45) is 0.314. The number of hydrogen-bond acceptors (Lipinski definition) is 3. The predicted molar refractivity (Wildman–Crippen MR) is 83.1 cm³/mol. The smallest absolute Gasteiger partial charge is 0.362 e. The van der Waals surface area contributed by atoms with Gasteiger partial charge in [0.15, 0.2) is 0 Å². The van der Waals surface area contributed by atoms with E-state index in [2.05, 4.69) is 4.98 Å². The monoisotopic (exact) mass is 312 g/mol. The quantitative estimate of drug-likeness (QED) is 0.728. The summed E-state index contributed by atoms with van der Waals surface area (Å²) in [6.45, 7) is 0. The van der Waals surface area contributed by atoms with E-state index in [1.54, 1.807) is 12.1 Å². The average Bonchev–Trinajstić information content (AvgIpc) is 2.53. The van der Waals surface area contributed by atoms with Crippen LogP contribution in [0.4, 0.5) is 4.39 Å². The molecule has 0 saturated heterocycles. The molecular weight excluding hydrogens is 299 g/mol. The maximum Gasteiger partial charge on any atom is 0.362 e. The largest absolute Gasteiger partial charge is 0.421 e. The Morgan fingerprint density at radius 2 is 1.70 bits per heavy atom. The van der Waals surface area contributed by atoms with Crippen molar-refractivity contribution in [2.75, 3.05) is 0 Å². The van der Waals surface area contributed by atoms with E-state index in [0.29, 0.717) is 12.1 Å². The van der Waals surface area contributed by atoms with E-state index in [1.165, 1.54) is 12.1 Å². The van der Waals surface area contributed by atoms with E-state index < -0.39 is 11.2 Å². The number of aromatic amines is 1. The van der Waals surface area contributed by atoms with Crippen LogP contribution >= 0.6 is 0 Å². The van der Waals surface area contributed by atoms with Gasteiger partial charge in [0.2, 0.25) is 0 Å². The maximum atomic E-state index is 13.3. The molecule has 3 rings (SSSR count). The SMILES string of the molecule is O=c1cc(Cc2cccc(-c3cccc(F)c3)c2)[nH]c(=O)n1O. The summed E-state index contributed by atoms with van der Waals surface area (Å²) < 4.78 is 13.3. The second-order valence-electron chi connectivity index (χ2n) is 5.14. The van der Waals surface area contributed by atoms with Crippen molar-refractivity contribution in [2.24, 2.45) is 0 Å². The minimum absolute atomic E-state index is 0.0205. The van der Waals surface area contributed by atoms with Crippen LogP contribution < -0.4 is 11.2 Å². The van der Waals surface area contributed by atoms with Crippen molar-refractivity contribution in [1.82, 2.24) is 9.71 Å². The second kappa shape index (κ2) is 5.92. The highest BCUT2D eigenvalue weighted by Crippen LogP contribution is 2.22. The zero-order valence-corrected chi connectivity index (χ0v) is 12.0. The average molecular weight is 312 g/mol. The Hall–Kier alpha value is -3.15.